The fourth-order valence-corrected chi connectivity index (χ4v) is 2.13. The maximum atomic E-state index is 12.4. The van der Waals surface area contributed by atoms with Gasteiger partial charge in [0, 0.05) is 19.3 Å². The topological polar surface area (TPSA) is 86.6 Å². The van der Waals surface area contributed by atoms with Crippen LogP contribution in [-0.2, 0) is 11.3 Å². The van der Waals surface area contributed by atoms with E-state index in [1.807, 2.05) is 6.92 Å². The van der Waals surface area contributed by atoms with Crippen molar-refractivity contribution in [3.05, 3.63) is 27.7 Å². The van der Waals surface area contributed by atoms with Crippen LogP contribution in [0.4, 0.5) is 0 Å². The van der Waals surface area contributed by atoms with E-state index in [4.69, 9.17) is 4.74 Å². The lowest BCUT2D eigenvalue weighted by molar-refractivity contribution is 0.0596. The minimum Gasteiger partial charge on any atom is -0.487 e. The average Bonchev–Trinajstić information content (AvgIpc) is 2.48. The highest BCUT2D eigenvalue weighted by molar-refractivity contribution is 5.97. The van der Waals surface area contributed by atoms with Crippen LogP contribution < -0.4 is 15.5 Å². The first-order valence-electron chi connectivity index (χ1n) is 6.86. The number of unbranched alkanes of at least 4 members (excludes halogenated alkanes) is 1. The smallest absolute Gasteiger partial charge is 0.343 e. The van der Waals surface area contributed by atoms with Crippen LogP contribution in [0, 0.1) is 0 Å². The molecule has 0 spiro atoms. The number of hydrogen-bond acceptors (Lipinski definition) is 5. The molecular weight excluding hydrogens is 276 g/mol. The fourth-order valence-electron chi connectivity index (χ4n) is 2.13. The molecule has 7 heteroatoms. The Morgan fingerprint density at radius 2 is 2.19 bits per heavy atom. The van der Waals surface area contributed by atoms with E-state index in [2.05, 4.69) is 10.1 Å². The number of ether oxygens (including phenoxy) is 2. The third kappa shape index (κ3) is 2.91. The standard InChI is InChI=1S/C14H18N2O5/c1-3-4-7-21-12-10-13(18)15-5-6-16(10)8-9(11(12)17)14(19)20-2/h8H,3-7H2,1-2H3,(H,15,18). The zero-order chi connectivity index (χ0) is 15.4. The van der Waals surface area contributed by atoms with Gasteiger partial charge in [0.1, 0.15) is 5.56 Å². The van der Waals surface area contributed by atoms with Gasteiger partial charge in [0.25, 0.3) is 5.91 Å². The van der Waals surface area contributed by atoms with Gasteiger partial charge >= 0.3 is 5.97 Å². The molecule has 2 rings (SSSR count). The van der Waals surface area contributed by atoms with E-state index in [0.29, 0.717) is 19.7 Å². The molecule has 0 bridgehead atoms. The van der Waals surface area contributed by atoms with Crippen LogP contribution in [0.25, 0.3) is 0 Å². The molecule has 0 radical (unpaired) electrons. The van der Waals surface area contributed by atoms with Gasteiger partial charge in [0.2, 0.25) is 5.43 Å². The molecule has 0 aromatic carbocycles. The van der Waals surface area contributed by atoms with Gasteiger partial charge in [-0.1, -0.05) is 13.3 Å². The number of carbonyl (C=O) groups excluding carboxylic acids is 2. The van der Waals surface area contributed by atoms with Crippen molar-refractivity contribution >= 4 is 11.9 Å². The van der Waals surface area contributed by atoms with Crippen molar-refractivity contribution in [2.75, 3.05) is 20.3 Å². The number of esters is 1. The Kier molecular flexibility index (Phi) is 4.62. The third-order valence-corrected chi connectivity index (χ3v) is 3.24. The molecule has 7 nitrogen and oxygen atoms in total. The monoisotopic (exact) mass is 294 g/mol. The molecule has 1 N–H and O–H groups in total. The van der Waals surface area contributed by atoms with E-state index in [0.717, 1.165) is 12.8 Å². The predicted octanol–water partition coefficient (Wildman–Crippen LogP) is 0.557. The summed E-state index contributed by atoms with van der Waals surface area (Å²) in [5.41, 5.74) is -0.571. The van der Waals surface area contributed by atoms with Crippen LogP contribution in [0.3, 0.4) is 0 Å². The van der Waals surface area contributed by atoms with Gasteiger partial charge in [0.15, 0.2) is 11.4 Å². The van der Waals surface area contributed by atoms with Crippen LogP contribution in [0.1, 0.15) is 40.6 Å². The molecule has 1 aromatic heterocycles. The van der Waals surface area contributed by atoms with Crippen molar-refractivity contribution in [3.63, 3.8) is 0 Å². The van der Waals surface area contributed by atoms with Crippen LogP contribution in [-0.4, -0.2) is 36.7 Å². The Hall–Kier alpha value is -2.31. The van der Waals surface area contributed by atoms with E-state index < -0.39 is 11.4 Å². The molecule has 0 aliphatic carbocycles. The Morgan fingerprint density at radius 3 is 2.86 bits per heavy atom. The summed E-state index contributed by atoms with van der Waals surface area (Å²) in [6.45, 7) is 3.21. The van der Waals surface area contributed by atoms with E-state index in [9.17, 15) is 14.4 Å². The van der Waals surface area contributed by atoms with Crippen molar-refractivity contribution in [3.8, 4) is 5.75 Å². The summed E-state index contributed by atoms with van der Waals surface area (Å²) in [7, 11) is 1.20. The van der Waals surface area contributed by atoms with Crippen LogP contribution in [0.2, 0.25) is 0 Å². The minimum atomic E-state index is -0.735. The number of carbonyl (C=O) groups is 2. The summed E-state index contributed by atoms with van der Waals surface area (Å²) in [5, 5.41) is 2.66. The number of pyridine rings is 1. The van der Waals surface area contributed by atoms with Crippen molar-refractivity contribution in [1.29, 1.82) is 0 Å². The summed E-state index contributed by atoms with van der Waals surface area (Å²) < 4.78 is 11.6. The maximum absolute atomic E-state index is 12.4. The van der Waals surface area contributed by atoms with Gasteiger partial charge in [-0.05, 0) is 6.42 Å². The van der Waals surface area contributed by atoms with Gasteiger partial charge in [-0.25, -0.2) is 4.79 Å². The Bertz CT molecular complexity index is 621. The van der Waals surface area contributed by atoms with Crippen molar-refractivity contribution < 1.29 is 19.1 Å². The highest BCUT2D eigenvalue weighted by Gasteiger charge is 2.27. The van der Waals surface area contributed by atoms with Crippen LogP contribution >= 0.6 is 0 Å². The lowest BCUT2D eigenvalue weighted by atomic mass is 10.1. The van der Waals surface area contributed by atoms with Crippen molar-refractivity contribution in [2.45, 2.75) is 26.3 Å². The summed E-state index contributed by atoms with van der Waals surface area (Å²) >= 11 is 0. The van der Waals surface area contributed by atoms with Crippen molar-refractivity contribution in [1.82, 2.24) is 9.88 Å². The Balaban J connectivity index is 2.54. The minimum absolute atomic E-state index is 0.0800. The largest absolute Gasteiger partial charge is 0.487 e. The number of amides is 1. The van der Waals surface area contributed by atoms with Gasteiger partial charge in [-0.2, -0.15) is 0 Å². The first kappa shape index (κ1) is 15.1. The number of fused-ring (bicyclic) bond motifs is 1. The van der Waals surface area contributed by atoms with Gasteiger partial charge in [-0.15, -0.1) is 0 Å². The maximum Gasteiger partial charge on any atom is 0.343 e. The van der Waals surface area contributed by atoms with E-state index in [1.165, 1.54) is 13.3 Å². The molecule has 0 saturated carbocycles. The van der Waals surface area contributed by atoms with E-state index in [-0.39, 0.29) is 22.9 Å². The summed E-state index contributed by atoms with van der Waals surface area (Å²) in [6, 6.07) is 0. The van der Waals surface area contributed by atoms with Crippen LogP contribution in [0.5, 0.6) is 5.75 Å². The molecule has 0 fully saturated rings. The number of nitrogens with one attached hydrogen (secondary N) is 1. The fraction of sp³-hybridized carbons (Fsp3) is 0.500. The lowest BCUT2D eigenvalue weighted by Crippen LogP contribution is -2.39. The first-order chi connectivity index (χ1) is 10.1. The van der Waals surface area contributed by atoms with Crippen molar-refractivity contribution in [2.24, 2.45) is 0 Å². The molecule has 1 amide bonds. The number of hydrogen-bond donors (Lipinski definition) is 1. The zero-order valence-corrected chi connectivity index (χ0v) is 12.1. The van der Waals surface area contributed by atoms with E-state index >= 15 is 0 Å². The number of methoxy groups -OCH3 is 1. The Labute approximate surface area is 121 Å². The van der Waals surface area contributed by atoms with Gasteiger partial charge in [-0.3, -0.25) is 9.59 Å². The summed E-state index contributed by atoms with van der Waals surface area (Å²) in [4.78, 5) is 36.0. The molecule has 114 valence electrons. The third-order valence-electron chi connectivity index (χ3n) is 3.24. The second-order valence-electron chi connectivity index (χ2n) is 4.69. The van der Waals surface area contributed by atoms with Gasteiger partial charge < -0.3 is 19.4 Å². The normalized spacial score (nSPS) is 13.3. The van der Waals surface area contributed by atoms with E-state index in [1.54, 1.807) is 4.57 Å². The SMILES string of the molecule is CCCCOc1c2n(cc(C(=O)OC)c1=O)CCNC2=O. The molecule has 21 heavy (non-hydrogen) atoms. The highest BCUT2D eigenvalue weighted by Crippen LogP contribution is 2.18. The molecule has 0 saturated heterocycles. The Morgan fingerprint density at radius 1 is 1.43 bits per heavy atom. The first-order valence-corrected chi connectivity index (χ1v) is 6.86. The molecule has 1 aliphatic heterocycles. The lowest BCUT2D eigenvalue weighted by Gasteiger charge is -2.22. The second kappa shape index (κ2) is 6.43. The molecule has 0 atom stereocenters. The number of aromatic nitrogens is 1. The predicted molar refractivity (Wildman–Crippen MR) is 74.8 cm³/mol. The quantitative estimate of drug-likeness (QED) is 0.633. The zero-order valence-electron chi connectivity index (χ0n) is 12.1. The molecular formula is C14H18N2O5. The number of rotatable bonds is 5. The molecule has 1 aliphatic rings. The summed E-state index contributed by atoms with van der Waals surface area (Å²) in [6.07, 6.45) is 3.00. The summed E-state index contributed by atoms with van der Waals surface area (Å²) in [5.74, 6) is -1.19. The second-order valence-corrected chi connectivity index (χ2v) is 4.69. The highest BCUT2D eigenvalue weighted by atomic mass is 16.5. The average molecular weight is 294 g/mol. The molecule has 2 heterocycles. The number of nitrogens with zero attached hydrogens (tertiary/aromatic N) is 1. The van der Waals surface area contributed by atoms with Crippen LogP contribution in [0.15, 0.2) is 11.0 Å². The van der Waals surface area contributed by atoms with Gasteiger partial charge in [0.05, 0.1) is 13.7 Å². The molecule has 0 unspecified atom stereocenters. The molecule has 1 aromatic rings.